The number of hydrogen-bond acceptors (Lipinski definition) is 6. The fourth-order valence-electron chi connectivity index (χ4n) is 6.48. The van der Waals surface area contributed by atoms with Crippen molar-refractivity contribution in [2.45, 2.75) is 82.2 Å². The average Bonchev–Trinajstić information content (AvgIpc) is 3.35. The number of likely N-dealkylation sites (tertiary alicyclic amines) is 2. The molecule has 0 aromatic carbocycles. The lowest BCUT2D eigenvalue weighted by molar-refractivity contribution is 0.174. The standard InChI is InChI=1S/C25H40N6/c1-3-11-28(12-4-1)21-9-15-30(18-21)24-23(20-7-8-20)17-26-25(27-24)31-16-10-22(19-31)29-13-5-2-6-14-29/h17,20-22H,1-16,18-19H2. The van der Waals surface area contributed by atoms with E-state index in [0.717, 1.165) is 38.2 Å². The first-order valence-electron chi connectivity index (χ1n) is 13.2. The van der Waals surface area contributed by atoms with Gasteiger partial charge in [-0.1, -0.05) is 12.8 Å². The van der Waals surface area contributed by atoms with E-state index in [1.54, 1.807) is 0 Å². The van der Waals surface area contributed by atoms with Crippen LogP contribution in [0.2, 0.25) is 0 Å². The molecule has 0 N–H and O–H groups in total. The molecular weight excluding hydrogens is 384 g/mol. The number of piperidine rings is 2. The van der Waals surface area contributed by atoms with E-state index in [4.69, 9.17) is 9.97 Å². The van der Waals surface area contributed by atoms with Crippen LogP contribution in [-0.2, 0) is 0 Å². The summed E-state index contributed by atoms with van der Waals surface area (Å²) in [5.41, 5.74) is 1.43. The van der Waals surface area contributed by atoms with E-state index in [-0.39, 0.29) is 0 Å². The molecule has 1 aliphatic carbocycles. The van der Waals surface area contributed by atoms with E-state index in [1.165, 1.54) is 102 Å². The Kier molecular flexibility index (Phi) is 5.78. The van der Waals surface area contributed by atoms with Gasteiger partial charge in [-0.05, 0) is 83.5 Å². The van der Waals surface area contributed by atoms with E-state index in [1.807, 2.05) is 0 Å². The molecule has 170 valence electrons. The Bertz CT molecular complexity index is 752. The van der Waals surface area contributed by atoms with E-state index < -0.39 is 0 Å². The summed E-state index contributed by atoms with van der Waals surface area (Å²) in [6.07, 6.45) is 15.7. The Hall–Kier alpha value is -1.40. The van der Waals surface area contributed by atoms with Crippen LogP contribution in [0.15, 0.2) is 6.20 Å². The van der Waals surface area contributed by atoms with Gasteiger partial charge in [0.25, 0.3) is 0 Å². The van der Waals surface area contributed by atoms with Gasteiger partial charge in [0.15, 0.2) is 0 Å². The summed E-state index contributed by atoms with van der Waals surface area (Å²) in [5.74, 6) is 2.96. The summed E-state index contributed by atoms with van der Waals surface area (Å²) in [4.78, 5) is 20.7. The molecule has 5 aliphatic rings. The van der Waals surface area contributed by atoms with Crippen LogP contribution in [0.5, 0.6) is 0 Å². The Balaban J connectivity index is 1.17. The Labute approximate surface area is 188 Å². The van der Waals surface area contributed by atoms with Crippen molar-refractivity contribution in [2.24, 2.45) is 0 Å². The van der Waals surface area contributed by atoms with E-state index in [9.17, 15) is 0 Å². The van der Waals surface area contributed by atoms with Gasteiger partial charge in [-0.25, -0.2) is 4.98 Å². The van der Waals surface area contributed by atoms with Crippen LogP contribution < -0.4 is 9.80 Å². The lowest BCUT2D eigenvalue weighted by Crippen LogP contribution is -2.41. The fraction of sp³-hybridized carbons (Fsp3) is 0.840. The van der Waals surface area contributed by atoms with E-state index in [2.05, 4.69) is 25.8 Å². The maximum absolute atomic E-state index is 5.26. The minimum absolute atomic E-state index is 0.700. The first-order valence-corrected chi connectivity index (χ1v) is 13.2. The number of anilines is 2. The zero-order valence-corrected chi connectivity index (χ0v) is 19.2. The molecule has 2 unspecified atom stereocenters. The van der Waals surface area contributed by atoms with Crippen LogP contribution in [0.25, 0.3) is 0 Å². The summed E-state index contributed by atoms with van der Waals surface area (Å²) in [6, 6.07) is 1.42. The van der Waals surface area contributed by atoms with Crippen LogP contribution in [0.4, 0.5) is 11.8 Å². The molecule has 5 fully saturated rings. The molecule has 4 aliphatic heterocycles. The highest BCUT2D eigenvalue weighted by molar-refractivity contribution is 5.54. The second-order valence-electron chi connectivity index (χ2n) is 10.7. The van der Waals surface area contributed by atoms with Crippen molar-refractivity contribution in [1.29, 1.82) is 0 Å². The van der Waals surface area contributed by atoms with Crippen molar-refractivity contribution in [2.75, 3.05) is 62.2 Å². The SMILES string of the molecule is c1nc(N2CCC(N3CCCCC3)C2)nc(N2CCC(N3CCCCC3)C2)c1C1CC1. The molecule has 2 atom stereocenters. The van der Waals surface area contributed by atoms with E-state index >= 15 is 0 Å². The van der Waals surface area contributed by atoms with Crippen molar-refractivity contribution in [3.05, 3.63) is 11.8 Å². The van der Waals surface area contributed by atoms with Crippen LogP contribution in [-0.4, -0.2) is 84.2 Å². The van der Waals surface area contributed by atoms with Crippen LogP contribution in [0.1, 0.15) is 75.7 Å². The number of hydrogen-bond donors (Lipinski definition) is 0. The van der Waals surface area contributed by atoms with Crippen LogP contribution >= 0.6 is 0 Å². The molecule has 1 aromatic heterocycles. The first kappa shape index (κ1) is 20.2. The summed E-state index contributed by atoms with van der Waals surface area (Å²) < 4.78 is 0. The minimum atomic E-state index is 0.700. The zero-order valence-electron chi connectivity index (χ0n) is 19.2. The van der Waals surface area contributed by atoms with Crippen LogP contribution in [0, 0.1) is 0 Å². The largest absolute Gasteiger partial charge is 0.355 e. The van der Waals surface area contributed by atoms with Gasteiger partial charge < -0.3 is 9.80 Å². The van der Waals surface area contributed by atoms with Gasteiger partial charge >= 0.3 is 0 Å². The van der Waals surface area contributed by atoms with Gasteiger partial charge in [0, 0.05) is 50.0 Å². The molecule has 0 spiro atoms. The monoisotopic (exact) mass is 424 g/mol. The second kappa shape index (κ2) is 8.86. The minimum Gasteiger partial charge on any atom is -0.355 e. The van der Waals surface area contributed by atoms with Gasteiger partial charge in [-0.2, -0.15) is 4.98 Å². The highest BCUT2D eigenvalue weighted by Gasteiger charge is 2.36. The lowest BCUT2D eigenvalue weighted by Gasteiger charge is -2.32. The normalized spacial score (nSPS) is 31.0. The highest BCUT2D eigenvalue weighted by Crippen LogP contribution is 2.44. The third kappa shape index (κ3) is 4.30. The number of aromatic nitrogens is 2. The molecule has 0 bridgehead atoms. The van der Waals surface area contributed by atoms with Crippen LogP contribution in [0.3, 0.4) is 0 Å². The molecule has 31 heavy (non-hydrogen) atoms. The second-order valence-corrected chi connectivity index (χ2v) is 10.7. The average molecular weight is 425 g/mol. The third-order valence-corrected chi connectivity index (χ3v) is 8.52. The van der Waals surface area contributed by atoms with Gasteiger partial charge in [-0.3, -0.25) is 9.80 Å². The maximum Gasteiger partial charge on any atom is 0.227 e. The molecule has 0 radical (unpaired) electrons. The summed E-state index contributed by atoms with van der Waals surface area (Å²) in [5, 5.41) is 0. The predicted molar refractivity (Wildman–Crippen MR) is 126 cm³/mol. The highest BCUT2D eigenvalue weighted by atomic mass is 15.3. The number of rotatable bonds is 5. The molecular formula is C25H40N6. The molecule has 1 aromatic rings. The summed E-state index contributed by atoms with van der Waals surface area (Å²) in [7, 11) is 0. The third-order valence-electron chi connectivity index (χ3n) is 8.52. The molecule has 6 rings (SSSR count). The molecule has 6 heteroatoms. The van der Waals surface area contributed by atoms with E-state index in [0.29, 0.717) is 12.0 Å². The Morgan fingerprint density at radius 3 is 1.84 bits per heavy atom. The zero-order chi connectivity index (χ0) is 20.6. The summed E-state index contributed by atoms with van der Waals surface area (Å²) >= 11 is 0. The topological polar surface area (TPSA) is 38.7 Å². The molecule has 4 saturated heterocycles. The van der Waals surface area contributed by atoms with Crippen molar-refractivity contribution >= 4 is 11.8 Å². The maximum atomic E-state index is 5.26. The quantitative estimate of drug-likeness (QED) is 0.721. The van der Waals surface area contributed by atoms with Gasteiger partial charge in [0.05, 0.1) is 0 Å². The predicted octanol–water partition coefficient (Wildman–Crippen LogP) is 3.48. The lowest BCUT2D eigenvalue weighted by atomic mass is 10.1. The van der Waals surface area contributed by atoms with Crippen molar-refractivity contribution in [3.8, 4) is 0 Å². The van der Waals surface area contributed by atoms with Crippen molar-refractivity contribution in [3.63, 3.8) is 0 Å². The van der Waals surface area contributed by atoms with Gasteiger partial charge in [-0.15, -0.1) is 0 Å². The Morgan fingerprint density at radius 1 is 0.645 bits per heavy atom. The number of nitrogens with zero attached hydrogens (tertiary/aromatic N) is 6. The molecule has 5 heterocycles. The van der Waals surface area contributed by atoms with Gasteiger partial charge in [0.1, 0.15) is 5.82 Å². The van der Waals surface area contributed by atoms with Crippen molar-refractivity contribution < 1.29 is 0 Å². The fourth-order valence-corrected chi connectivity index (χ4v) is 6.48. The summed E-state index contributed by atoms with van der Waals surface area (Å²) in [6.45, 7) is 9.72. The van der Waals surface area contributed by atoms with Gasteiger partial charge in [0.2, 0.25) is 5.95 Å². The smallest absolute Gasteiger partial charge is 0.227 e. The molecule has 1 saturated carbocycles. The first-order chi connectivity index (χ1) is 15.3. The molecule has 6 nitrogen and oxygen atoms in total. The molecule has 0 amide bonds. The Morgan fingerprint density at radius 2 is 1.23 bits per heavy atom. The van der Waals surface area contributed by atoms with Crippen molar-refractivity contribution in [1.82, 2.24) is 19.8 Å².